The van der Waals surface area contributed by atoms with Crippen molar-refractivity contribution >= 4 is 52.3 Å². The molecule has 266 valence electrons. The molecule has 0 unspecified atom stereocenters. The van der Waals surface area contributed by atoms with E-state index in [0.29, 0.717) is 27.1 Å². The van der Waals surface area contributed by atoms with Crippen molar-refractivity contribution in [3.8, 4) is 11.1 Å². The maximum Gasteiger partial charge on any atom is 0.265 e. The van der Waals surface area contributed by atoms with Gasteiger partial charge in [-0.2, -0.15) is 0 Å². The van der Waals surface area contributed by atoms with E-state index in [-0.39, 0.29) is 5.91 Å². The van der Waals surface area contributed by atoms with Crippen LogP contribution in [0.4, 0.5) is 31.7 Å². The van der Waals surface area contributed by atoms with E-state index in [1.807, 2.05) is 43.3 Å². The Morgan fingerprint density at radius 3 is 2.37 bits per heavy atom. The van der Waals surface area contributed by atoms with Crippen LogP contribution in [0, 0.1) is 24.0 Å². The average Bonchev–Trinajstić information content (AvgIpc) is 3.49. The Labute approximate surface area is 304 Å². The van der Waals surface area contributed by atoms with Crippen LogP contribution in [0.3, 0.4) is 0 Å². The van der Waals surface area contributed by atoms with Gasteiger partial charge < -0.3 is 25.6 Å². The van der Waals surface area contributed by atoms with Gasteiger partial charge in [-0.05, 0) is 92.4 Å². The second-order valence-corrected chi connectivity index (χ2v) is 14.3. The van der Waals surface area contributed by atoms with E-state index in [4.69, 9.17) is 4.74 Å². The number of aromatic nitrogens is 1. The number of hydrogen-bond acceptors (Lipinski definition) is 8. The molecule has 1 spiro atoms. The number of carbonyl (C=O) groups excluding carboxylic acids is 3. The largest absolute Gasteiger partial charge is 0.384 e. The fraction of sp³-hybridized carbons (Fsp3) is 0.250. The normalized spacial score (nSPS) is 15.4. The summed E-state index contributed by atoms with van der Waals surface area (Å²) in [6, 6.07) is 23.7. The van der Waals surface area contributed by atoms with Gasteiger partial charge in [-0.25, -0.2) is 13.8 Å². The highest BCUT2D eigenvalue weighted by Crippen LogP contribution is 2.43. The number of halogens is 2. The lowest BCUT2D eigenvalue weighted by molar-refractivity contribution is -0.000519. The van der Waals surface area contributed by atoms with Gasteiger partial charge >= 0.3 is 0 Å². The summed E-state index contributed by atoms with van der Waals surface area (Å²) in [6.45, 7) is 6.18. The van der Waals surface area contributed by atoms with Gasteiger partial charge in [-0.3, -0.25) is 14.4 Å². The van der Waals surface area contributed by atoms with Crippen molar-refractivity contribution < 1.29 is 27.9 Å². The van der Waals surface area contributed by atoms with Crippen LogP contribution >= 0.6 is 11.3 Å². The number of benzene rings is 3. The van der Waals surface area contributed by atoms with Crippen molar-refractivity contribution in [1.29, 1.82) is 0 Å². The van der Waals surface area contributed by atoms with Crippen molar-refractivity contribution in [1.82, 2.24) is 4.98 Å². The standard InChI is InChI=1S/C21H23N3O3.C19H14F2N2OS/c1-15-2-7-18(20(26)23-17-5-3-16(12-25)4-6-17)19(22-15)24-13-21(14-24)8-10-27-11-9-21;20-13-5-3-6-14(21)18(13)23-19(24)17-10-12-11-4-1-2-7-15(11)22-9-8-16(12)25-17/h2-7,12H,8-11,13-14H2,1H3,(H,23,26);1-7,10,22H,8-9H2,(H,23,24). The number of aldehydes is 1. The summed E-state index contributed by atoms with van der Waals surface area (Å²) in [5, 5.41) is 8.62. The van der Waals surface area contributed by atoms with E-state index in [1.165, 1.54) is 17.4 Å². The Balaban J connectivity index is 0.000000162. The second kappa shape index (κ2) is 15.0. The van der Waals surface area contributed by atoms with Gasteiger partial charge in [0.2, 0.25) is 0 Å². The molecule has 9 nitrogen and oxygen atoms in total. The number of anilines is 4. The molecule has 0 radical (unpaired) electrons. The number of carbonyl (C=O) groups is 3. The molecule has 2 fully saturated rings. The molecular formula is C40H37F2N5O4S. The quantitative estimate of drug-likeness (QED) is 0.153. The Bertz CT molecular complexity index is 2100. The van der Waals surface area contributed by atoms with Crippen LogP contribution in [0.2, 0.25) is 0 Å². The lowest BCUT2D eigenvalue weighted by atomic mass is 9.73. The number of para-hydroxylation sites is 2. The van der Waals surface area contributed by atoms with Crippen molar-refractivity contribution in [2.24, 2.45) is 5.41 Å². The first kappa shape index (κ1) is 35.0. The summed E-state index contributed by atoms with van der Waals surface area (Å²) in [7, 11) is 0. The minimum absolute atomic E-state index is 0.190. The number of hydrogen-bond donors (Lipinski definition) is 3. The molecule has 3 N–H and O–H groups in total. The Morgan fingerprint density at radius 1 is 0.904 bits per heavy atom. The highest BCUT2D eigenvalue weighted by molar-refractivity contribution is 7.14. The van der Waals surface area contributed by atoms with Gasteiger partial charge in [0.05, 0.1) is 10.4 Å². The average molecular weight is 722 g/mol. The van der Waals surface area contributed by atoms with Gasteiger partial charge in [0.25, 0.3) is 11.8 Å². The van der Waals surface area contributed by atoms with Crippen LogP contribution in [0.15, 0.2) is 84.9 Å². The number of pyridine rings is 1. The first-order chi connectivity index (χ1) is 25.2. The molecule has 2 aromatic heterocycles. The zero-order valence-corrected chi connectivity index (χ0v) is 29.3. The number of ether oxygens (including phenoxy) is 1. The van der Waals surface area contributed by atoms with Gasteiger partial charge in [0.15, 0.2) is 0 Å². The molecule has 12 heteroatoms. The first-order valence-corrected chi connectivity index (χ1v) is 17.9. The fourth-order valence-corrected chi connectivity index (χ4v) is 7.84. The monoisotopic (exact) mass is 721 g/mol. The molecule has 0 atom stereocenters. The molecule has 5 heterocycles. The Kier molecular flexibility index (Phi) is 10.1. The molecule has 0 saturated carbocycles. The SMILES string of the molecule is Cc1ccc(C(=O)Nc2ccc(C=O)cc2)c(N2CC3(CCOCC3)C2)n1.O=C(Nc1c(F)cccc1F)c1cc2c(s1)CCNc1ccccc1-2. The molecule has 3 aliphatic heterocycles. The number of amides is 2. The summed E-state index contributed by atoms with van der Waals surface area (Å²) >= 11 is 1.35. The van der Waals surface area contributed by atoms with Gasteiger partial charge in [0.1, 0.15) is 29.4 Å². The van der Waals surface area contributed by atoms with E-state index in [9.17, 15) is 23.2 Å². The third kappa shape index (κ3) is 7.44. The number of nitrogens with zero attached hydrogens (tertiary/aromatic N) is 2. The van der Waals surface area contributed by atoms with E-state index in [2.05, 4.69) is 25.8 Å². The van der Waals surface area contributed by atoms with Crippen LogP contribution in [0.1, 0.15) is 53.8 Å². The summed E-state index contributed by atoms with van der Waals surface area (Å²) < 4.78 is 33.0. The van der Waals surface area contributed by atoms with Crippen LogP contribution < -0.4 is 20.9 Å². The van der Waals surface area contributed by atoms with Crippen LogP contribution in [0.5, 0.6) is 0 Å². The first-order valence-electron chi connectivity index (χ1n) is 17.1. The van der Waals surface area contributed by atoms with E-state index in [0.717, 1.165) is 104 Å². The maximum atomic E-state index is 13.7. The number of fused-ring (bicyclic) bond motifs is 3. The minimum Gasteiger partial charge on any atom is -0.384 e. The van der Waals surface area contributed by atoms with Crippen LogP contribution in [-0.4, -0.2) is 55.9 Å². The van der Waals surface area contributed by atoms with Crippen molar-refractivity contribution in [2.75, 3.05) is 53.7 Å². The lowest BCUT2D eigenvalue weighted by Gasteiger charge is -2.53. The topological polar surface area (TPSA) is 113 Å². The Morgan fingerprint density at radius 2 is 1.63 bits per heavy atom. The van der Waals surface area contributed by atoms with E-state index < -0.39 is 23.2 Å². The molecule has 52 heavy (non-hydrogen) atoms. The molecule has 0 aliphatic carbocycles. The van der Waals surface area contributed by atoms with Crippen molar-refractivity contribution in [3.63, 3.8) is 0 Å². The third-order valence-electron chi connectivity index (χ3n) is 9.59. The number of nitrogens with one attached hydrogen (secondary N) is 3. The molecule has 5 aromatic rings. The number of thiophene rings is 1. The summed E-state index contributed by atoms with van der Waals surface area (Å²) in [4.78, 5) is 44.5. The molecule has 8 rings (SSSR count). The number of rotatable bonds is 6. The zero-order chi connectivity index (χ0) is 36.2. The highest BCUT2D eigenvalue weighted by atomic mass is 32.1. The predicted octanol–water partition coefficient (Wildman–Crippen LogP) is 7.99. The lowest BCUT2D eigenvalue weighted by Crippen LogP contribution is -2.59. The molecule has 2 amide bonds. The molecule has 3 aliphatic rings. The smallest absolute Gasteiger partial charge is 0.265 e. The summed E-state index contributed by atoms with van der Waals surface area (Å²) in [6.07, 6.45) is 3.71. The fourth-order valence-electron chi connectivity index (χ4n) is 6.77. The van der Waals surface area contributed by atoms with Gasteiger partial charge in [-0.15, -0.1) is 11.3 Å². The maximum absolute atomic E-state index is 13.7. The summed E-state index contributed by atoms with van der Waals surface area (Å²) in [5.41, 5.74) is 5.63. The van der Waals surface area contributed by atoms with Gasteiger partial charge in [0, 0.05) is 71.3 Å². The second-order valence-electron chi connectivity index (χ2n) is 13.2. The zero-order valence-electron chi connectivity index (χ0n) is 28.5. The van der Waals surface area contributed by atoms with E-state index in [1.54, 1.807) is 30.3 Å². The number of aryl methyl sites for hydroxylation is 1. The third-order valence-corrected chi connectivity index (χ3v) is 10.8. The molecule has 0 bridgehead atoms. The Hall–Kier alpha value is -5.46. The van der Waals surface area contributed by atoms with E-state index >= 15 is 0 Å². The van der Waals surface area contributed by atoms with Gasteiger partial charge in [-0.1, -0.05) is 24.3 Å². The van der Waals surface area contributed by atoms with Crippen molar-refractivity contribution in [2.45, 2.75) is 26.2 Å². The minimum atomic E-state index is -0.791. The molecule has 3 aromatic carbocycles. The highest BCUT2D eigenvalue weighted by Gasteiger charge is 2.45. The summed E-state index contributed by atoms with van der Waals surface area (Å²) in [5.74, 6) is -1.53. The van der Waals surface area contributed by atoms with Crippen molar-refractivity contribution in [3.05, 3.63) is 123 Å². The predicted molar refractivity (Wildman–Crippen MR) is 200 cm³/mol. The van der Waals surface area contributed by atoms with Crippen LogP contribution in [0.25, 0.3) is 11.1 Å². The van der Waals surface area contributed by atoms with Crippen LogP contribution in [-0.2, 0) is 11.2 Å². The molecule has 2 saturated heterocycles. The molecular weight excluding hydrogens is 685 g/mol.